The molecule has 0 aliphatic heterocycles. The molecule has 1 aromatic heterocycles. The average molecular weight is 211 g/mol. The second-order valence-corrected chi connectivity index (χ2v) is 3.96. The van der Waals surface area contributed by atoms with Gasteiger partial charge in [-0.25, -0.2) is 0 Å². The average Bonchev–Trinajstić information content (AvgIpc) is 2.38. The highest BCUT2D eigenvalue weighted by Gasteiger charge is 1.97. The Morgan fingerprint density at radius 2 is 1.56 bits per heavy atom. The molecule has 0 saturated heterocycles. The van der Waals surface area contributed by atoms with Gasteiger partial charge in [0, 0.05) is 11.4 Å². The lowest BCUT2D eigenvalue weighted by molar-refractivity contribution is 0.886. The molecule has 0 bridgehead atoms. The zero-order valence-corrected chi connectivity index (χ0v) is 9.69. The van der Waals surface area contributed by atoms with Crippen LogP contribution < -0.4 is 0 Å². The van der Waals surface area contributed by atoms with Crippen molar-refractivity contribution in [1.29, 1.82) is 0 Å². The van der Waals surface area contributed by atoms with Crippen LogP contribution >= 0.6 is 0 Å². The fourth-order valence-corrected chi connectivity index (χ4v) is 1.78. The van der Waals surface area contributed by atoms with E-state index in [0.29, 0.717) is 0 Å². The van der Waals surface area contributed by atoms with Gasteiger partial charge in [0.25, 0.3) is 0 Å². The molecule has 0 aliphatic carbocycles. The lowest BCUT2D eigenvalue weighted by Crippen LogP contribution is -1.96. The fraction of sp³-hybridized carbons (Fsp3) is 0.267. The lowest BCUT2D eigenvalue weighted by atomic mass is 10.1. The van der Waals surface area contributed by atoms with Crippen molar-refractivity contribution in [3.05, 3.63) is 65.5 Å². The van der Waals surface area contributed by atoms with Crippen LogP contribution in [0.2, 0.25) is 0 Å². The van der Waals surface area contributed by atoms with Crippen LogP contribution in [0.15, 0.2) is 48.5 Å². The standard InChI is InChI=1S/C15H17N/c1-2-14-9-6-10-15(16-14)12-11-13-7-4-3-5-8-13/h3-10H,2,11-12H2,1H3. The third-order valence-corrected chi connectivity index (χ3v) is 2.74. The predicted molar refractivity (Wildman–Crippen MR) is 67.5 cm³/mol. The van der Waals surface area contributed by atoms with Gasteiger partial charge in [-0.3, -0.25) is 4.98 Å². The van der Waals surface area contributed by atoms with E-state index in [9.17, 15) is 0 Å². The summed E-state index contributed by atoms with van der Waals surface area (Å²) in [5, 5.41) is 0. The molecule has 0 atom stereocenters. The molecule has 1 heterocycles. The minimum Gasteiger partial charge on any atom is -0.258 e. The Morgan fingerprint density at radius 1 is 0.812 bits per heavy atom. The molecule has 0 saturated carbocycles. The largest absolute Gasteiger partial charge is 0.258 e. The van der Waals surface area contributed by atoms with Gasteiger partial charge in [-0.2, -0.15) is 0 Å². The van der Waals surface area contributed by atoms with Crippen molar-refractivity contribution < 1.29 is 0 Å². The van der Waals surface area contributed by atoms with Gasteiger partial charge in [-0.15, -0.1) is 0 Å². The molecule has 2 rings (SSSR count). The molecule has 0 radical (unpaired) electrons. The number of aryl methyl sites for hydroxylation is 3. The van der Waals surface area contributed by atoms with Crippen LogP contribution in [-0.2, 0) is 19.3 Å². The van der Waals surface area contributed by atoms with E-state index in [2.05, 4.69) is 60.4 Å². The molecule has 1 nitrogen and oxygen atoms in total. The van der Waals surface area contributed by atoms with Crippen LogP contribution in [0.5, 0.6) is 0 Å². The maximum Gasteiger partial charge on any atom is 0.0410 e. The number of aromatic nitrogens is 1. The predicted octanol–water partition coefficient (Wildman–Crippen LogP) is 3.43. The van der Waals surface area contributed by atoms with Crippen molar-refractivity contribution in [2.75, 3.05) is 0 Å². The van der Waals surface area contributed by atoms with E-state index in [1.54, 1.807) is 0 Å². The van der Waals surface area contributed by atoms with E-state index < -0.39 is 0 Å². The molecule has 0 aliphatic rings. The number of pyridine rings is 1. The maximum atomic E-state index is 4.61. The van der Waals surface area contributed by atoms with Crippen molar-refractivity contribution in [1.82, 2.24) is 4.98 Å². The van der Waals surface area contributed by atoms with Crippen molar-refractivity contribution in [2.45, 2.75) is 26.2 Å². The van der Waals surface area contributed by atoms with E-state index in [4.69, 9.17) is 0 Å². The summed E-state index contributed by atoms with van der Waals surface area (Å²) in [7, 11) is 0. The summed E-state index contributed by atoms with van der Waals surface area (Å²) in [6.07, 6.45) is 3.11. The van der Waals surface area contributed by atoms with Gasteiger partial charge in [0.1, 0.15) is 0 Å². The fourth-order valence-electron chi connectivity index (χ4n) is 1.78. The first-order valence-electron chi connectivity index (χ1n) is 5.87. The molecule has 0 spiro atoms. The maximum absolute atomic E-state index is 4.61. The molecule has 0 amide bonds. The van der Waals surface area contributed by atoms with Crippen molar-refractivity contribution in [2.24, 2.45) is 0 Å². The summed E-state index contributed by atoms with van der Waals surface area (Å²) in [6, 6.07) is 16.9. The highest BCUT2D eigenvalue weighted by Crippen LogP contribution is 2.06. The van der Waals surface area contributed by atoms with Gasteiger partial charge >= 0.3 is 0 Å². The van der Waals surface area contributed by atoms with E-state index in [1.807, 2.05) is 0 Å². The zero-order valence-electron chi connectivity index (χ0n) is 9.69. The summed E-state index contributed by atoms with van der Waals surface area (Å²) in [4.78, 5) is 4.61. The Balaban J connectivity index is 1.99. The number of hydrogen-bond acceptors (Lipinski definition) is 1. The van der Waals surface area contributed by atoms with Crippen LogP contribution in [0.4, 0.5) is 0 Å². The molecular weight excluding hydrogens is 194 g/mol. The van der Waals surface area contributed by atoms with E-state index in [-0.39, 0.29) is 0 Å². The van der Waals surface area contributed by atoms with Crippen LogP contribution in [0.25, 0.3) is 0 Å². The van der Waals surface area contributed by atoms with Gasteiger partial charge in [-0.1, -0.05) is 43.3 Å². The van der Waals surface area contributed by atoms with Gasteiger partial charge in [0.05, 0.1) is 0 Å². The molecule has 16 heavy (non-hydrogen) atoms. The SMILES string of the molecule is CCc1cccc(CCc2ccccc2)n1. The molecule has 0 fully saturated rings. The van der Waals surface area contributed by atoms with Crippen LogP contribution in [0.3, 0.4) is 0 Å². The van der Waals surface area contributed by atoms with Crippen molar-refractivity contribution >= 4 is 0 Å². The third-order valence-electron chi connectivity index (χ3n) is 2.74. The number of nitrogens with zero attached hydrogens (tertiary/aromatic N) is 1. The number of benzene rings is 1. The quantitative estimate of drug-likeness (QED) is 0.755. The Bertz CT molecular complexity index is 434. The van der Waals surface area contributed by atoms with Gasteiger partial charge in [0.15, 0.2) is 0 Å². The second kappa shape index (κ2) is 5.45. The Kier molecular flexibility index (Phi) is 3.71. The van der Waals surface area contributed by atoms with E-state index in [0.717, 1.165) is 19.3 Å². The number of hydrogen-bond donors (Lipinski definition) is 0. The first kappa shape index (κ1) is 10.9. The Labute approximate surface area is 97.2 Å². The summed E-state index contributed by atoms with van der Waals surface area (Å²) < 4.78 is 0. The van der Waals surface area contributed by atoms with Crippen molar-refractivity contribution in [3.63, 3.8) is 0 Å². The molecule has 0 unspecified atom stereocenters. The van der Waals surface area contributed by atoms with Gasteiger partial charge in [-0.05, 0) is 37.0 Å². The van der Waals surface area contributed by atoms with E-state index in [1.165, 1.54) is 17.0 Å². The van der Waals surface area contributed by atoms with Gasteiger partial charge < -0.3 is 0 Å². The van der Waals surface area contributed by atoms with Crippen LogP contribution in [-0.4, -0.2) is 4.98 Å². The summed E-state index contributed by atoms with van der Waals surface area (Å²) in [6.45, 7) is 2.14. The van der Waals surface area contributed by atoms with Crippen LogP contribution in [0, 0.1) is 0 Å². The summed E-state index contributed by atoms with van der Waals surface area (Å²) in [5.74, 6) is 0. The molecule has 1 aromatic carbocycles. The third kappa shape index (κ3) is 2.93. The number of rotatable bonds is 4. The molecule has 1 heteroatoms. The smallest absolute Gasteiger partial charge is 0.0410 e. The second-order valence-electron chi connectivity index (χ2n) is 3.96. The zero-order chi connectivity index (χ0) is 11.2. The van der Waals surface area contributed by atoms with Crippen molar-refractivity contribution in [3.8, 4) is 0 Å². The topological polar surface area (TPSA) is 12.9 Å². The monoisotopic (exact) mass is 211 g/mol. The molecular formula is C15H17N. The lowest BCUT2D eigenvalue weighted by Gasteiger charge is -2.03. The minimum absolute atomic E-state index is 1.01. The first-order chi connectivity index (χ1) is 7.88. The molecule has 2 aromatic rings. The van der Waals surface area contributed by atoms with E-state index >= 15 is 0 Å². The minimum atomic E-state index is 1.01. The van der Waals surface area contributed by atoms with Gasteiger partial charge in [0.2, 0.25) is 0 Å². The summed E-state index contributed by atoms with van der Waals surface area (Å²) >= 11 is 0. The molecule has 0 N–H and O–H groups in total. The highest BCUT2D eigenvalue weighted by atomic mass is 14.7. The molecule has 82 valence electrons. The summed E-state index contributed by atoms with van der Waals surface area (Å²) in [5.41, 5.74) is 3.76. The normalized spacial score (nSPS) is 10.3. The Hall–Kier alpha value is -1.63. The van der Waals surface area contributed by atoms with Crippen LogP contribution in [0.1, 0.15) is 23.9 Å². The highest BCUT2D eigenvalue weighted by molar-refractivity contribution is 5.17. The Morgan fingerprint density at radius 3 is 2.31 bits per heavy atom. The first-order valence-corrected chi connectivity index (χ1v) is 5.87.